The molecular weight excluding hydrogens is 338 g/mol. The largest absolute Gasteiger partial charge is 0.459 e. The van der Waals surface area contributed by atoms with Crippen molar-refractivity contribution in [3.05, 3.63) is 50.8 Å². The molecule has 82 valence electrons. The van der Waals surface area contributed by atoms with E-state index in [1.165, 1.54) is 0 Å². The van der Waals surface area contributed by atoms with Crippen molar-refractivity contribution in [2.75, 3.05) is 0 Å². The minimum absolute atomic E-state index is 0.385. The Bertz CT molecular complexity index is 413. The number of ether oxygens (including phenoxy) is 1. The highest BCUT2D eigenvalue weighted by molar-refractivity contribution is 14.1. The molecule has 0 radical (unpaired) electrons. The van der Waals surface area contributed by atoms with Crippen LogP contribution in [0.25, 0.3) is 0 Å². The van der Waals surface area contributed by atoms with Crippen LogP contribution in [-0.4, -0.2) is 9.97 Å². The Labute approximate surface area is 112 Å². The number of halogens is 2. The fraction of sp³-hybridized carbons (Fsp3) is 0.0909. The van der Waals surface area contributed by atoms with E-state index in [1.54, 1.807) is 12.4 Å². The van der Waals surface area contributed by atoms with Gasteiger partial charge in [0.05, 0.1) is 0 Å². The Kier molecular flexibility index (Phi) is 3.95. The predicted molar refractivity (Wildman–Crippen MR) is 70.5 cm³/mol. The van der Waals surface area contributed by atoms with Crippen molar-refractivity contribution in [3.63, 3.8) is 0 Å². The first kappa shape index (κ1) is 11.6. The summed E-state index contributed by atoms with van der Waals surface area (Å²) in [7, 11) is 0. The van der Waals surface area contributed by atoms with E-state index < -0.39 is 0 Å². The average Bonchev–Trinajstić information content (AvgIpc) is 2.30. The van der Waals surface area contributed by atoms with Crippen molar-refractivity contribution in [2.45, 2.75) is 6.61 Å². The molecule has 3 nitrogen and oxygen atoms in total. The molecule has 1 aromatic carbocycles. The molecule has 0 unspecified atom stereocenters. The molecular formula is C11H8ClIN2O. The first-order valence-corrected chi connectivity index (χ1v) is 6.04. The van der Waals surface area contributed by atoms with E-state index in [9.17, 15) is 0 Å². The number of benzene rings is 1. The summed E-state index contributed by atoms with van der Waals surface area (Å²) in [4.78, 5) is 8.09. The molecule has 2 rings (SSSR count). The predicted octanol–water partition coefficient (Wildman–Crippen LogP) is 3.31. The summed E-state index contributed by atoms with van der Waals surface area (Å²) in [5, 5.41) is 0.717. The lowest BCUT2D eigenvalue weighted by Crippen LogP contribution is -1.99. The summed E-state index contributed by atoms with van der Waals surface area (Å²) in [5.74, 6) is 0. The van der Waals surface area contributed by atoms with Crippen molar-refractivity contribution < 1.29 is 4.74 Å². The first-order chi connectivity index (χ1) is 7.74. The van der Waals surface area contributed by atoms with Crippen molar-refractivity contribution in [3.8, 4) is 6.01 Å². The zero-order valence-corrected chi connectivity index (χ0v) is 11.1. The summed E-state index contributed by atoms with van der Waals surface area (Å²) in [6, 6.07) is 7.86. The second-order valence-electron chi connectivity index (χ2n) is 3.10. The third kappa shape index (κ3) is 3.31. The number of rotatable bonds is 3. The quantitative estimate of drug-likeness (QED) is 0.800. The normalized spacial score (nSPS) is 10.1. The molecule has 16 heavy (non-hydrogen) atoms. The van der Waals surface area contributed by atoms with Gasteiger partial charge in [0.15, 0.2) is 0 Å². The summed E-state index contributed by atoms with van der Waals surface area (Å²) in [6.45, 7) is 0.442. The molecule has 5 heteroatoms. The van der Waals surface area contributed by atoms with Crippen LogP contribution < -0.4 is 4.74 Å². The van der Waals surface area contributed by atoms with Crippen LogP contribution in [0.3, 0.4) is 0 Å². The zero-order chi connectivity index (χ0) is 11.4. The molecule has 0 N–H and O–H groups in total. The van der Waals surface area contributed by atoms with Gasteiger partial charge in [-0.15, -0.1) is 0 Å². The summed E-state index contributed by atoms with van der Waals surface area (Å²) in [6.07, 6.45) is 3.43. The van der Waals surface area contributed by atoms with Crippen LogP contribution in [0.15, 0.2) is 36.7 Å². The van der Waals surface area contributed by atoms with Crippen LogP contribution in [0, 0.1) is 3.57 Å². The maximum Gasteiger partial charge on any atom is 0.316 e. The minimum Gasteiger partial charge on any atom is -0.459 e. The van der Waals surface area contributed by atoms with E-state index in [4.69, 9.17) is 16.3 Å². The molecule has 0 aliphatic heterocycles. The summed E-state index contributed by atoms with van der Waals surface area (Å²) >= 11 is 7.92. The van der Waals surface area contributed by atoms with Gasteiger partial charge in [0.2, 0.25) is 0 Å². The molecule has 0 fully saturated rings. The Morgan fingerprint density at radius 2 is 1.75 bits per heavy atom. The molecule has 0 saturated carbocycles. The van der Waals surface area contributed by atoms with Gasteiger partial charge in [0.25, 0.3) is 0 Å². The average molecular weight is 347 g/mol. The lowest BCUT2D eigenvalue weighted by atomic mass is 10.2. The van der Waals surface area contributed by atoms with Gasteiger partial charge in [0, 0.05) is 21.0 Å². The molecule has 1 heterocycles. The maximum absolute atomic E-state index is 5.78. The Balaban J connectivity index is 1.97. The van der Waals surface area contributed by atoms with Crippen LogP contribution in [0.1, 0.15) is 5.56 Å². The van der Waals surface area contributed by atoms with Gasteiger partial charge in [-0.05, 0) is 40.3 Å². The molecule has 0 amide bonds. The standard InChI is InChI=1S/C11H8ClIN2O/c12-9-3-1-8(2-4-9)7-16-11-14-5-10(13)6-15-11/h1-6H,7H2. The van der Waals surface area contributed by atoms with E-state index in [0.29, 0.717) is 17.6 Å². The van der Waals surface area contributed by atoms with Crippen LogP contribution in [0.2, 0.25) is 5.02 Å². The van der Waals surface area contributed by atoms with Crippen molar-refractivity contribution in [1.82, 2.24) is 9.97 Å². The lowest BCUT2D eigenvalue weighted by molar-refractivity contribution is 0.280. The fourth-order valence-electron chi connectivity index (χ4n) is 1.10. The van der Waals surface area contributed by atoms with E-state index in [2.05, 4.69) is 32.6 Å². The number of aromatic nitrogens is 2. The van der Waals surface area contributed by atoms with Crippen LogP contribution in [0.5, 0.6) is 6.01 Å². The highest BCUT2D eigenvalue weighted by Gasteiger charge is 1.98. The zero-order valence-electron chi connectivity index (χ0n) is 8.23. The fourth-order valence-corrected chi connectivity index (χ4v) is 1.51. The third-order valence-electron chi connectivity index (χ3n) is 1.88. The van der Waals surface area contributed by atoms with Crippen molar-refractivity contribution in [1.29, 1.82) is 0 Å². The Hall–Kier alpha value is -0.880. The van der Waals surface area contributed by atoms with Crippen LogP contribution >= 0.6 is 34.2 Å². The highest BCUT2D eigenvalue weighted by atomic mass is 127. The topological polar surface area (TPSA) is 35.0 Å². The summed E-state index contributed by atoms with van der Waals surface area (Å²) < 4.78 is 6.40. The summed E-state index contributed by atoms with van der Waals surface area (Å²) in [5.41, 5.74) is 1.03. The molecule has 1 aromatic heterocycles. The van der Waals surface area contributed by atoms with Gasteiger partial charge in [-0.1, -0.05) is 23.7 Å². The smallest absolute Gasteiger partial charge is 0.316 e. The van der Waals surface area contributed by atoms with E-state index in [-0.39, 0.29) is 0 Å². The van der Waals surface area contributed by atoms with Crippen LogP contribution in [-0.2, 0) is 6.61 Å². The molecule has 0 aliphatic carbocycles. The van der Waals surface area contributed by atoms with E-state index in [0.717, 1.165) is 9.13 Å². The second kappa shape index (κ2) is 5.45. The number of nitrogens with zero attached hydrogens (tertiary/aromatic N) is 2. The first-order valence-electron chi connectivity index (χ1n) is 4.59. The molecule has 0 saturated heterocycles. The third-order valence-corrected chi connectivity index (χ3v) is 2.69. The molecule has 0 atom stereocenters. The second-order valence-corrected chi connectivity index (χ2v) is 4.78. The van der Waals surface area contributed by atoms with Crippen molar-refractivity contribution in [2.24, 2.45) is 0 Å². The van der Waals surface area contributed by atoms with E-state index >= 15 is 0 Å². The van der Waals surface area contributed by atoms with Gasteiger partial charge >= 0.3 is 6.01 Å². The SMILES string of the molecule is Clc1ccc(COc2ncc(I)cn2)cc1. The van der Waals surface area contributed by atoms with Gasteiger partial charge in [-0.3, -0.25) is 0 Å². The van der Waals surface area contributed by atoms with Gasteiger partial charge in [-0.2, -0.15) is 0 Å². The van der Waals surface area contributed by atoms with Crippen molar-refractivity contribution >= 4 is 34.2 Å². The Morgan fingerprint density at radius 3 is 2.38 bits per heavy atom. The van der Waals surface area contributed by atoms with Gasteiger partial charge < -0.3 is 4.74 Å². The monoisotopic (exact) mass is 346 g/mol. The van der Waals surface area contributed by atoms with E-state index in [1.807, 2.05) is 24.3 Å². The number of hydrogen-bond acceptors (Lipinski definition) is 3. The molecule has 0 aliphatic rings. The number of hydrogen-bond donors (Lipinski definition) is 0. The Morgan fingerprint density at radius 1 is 1.12 bits per heavy atom. The maximum atomic E-state index is 5.78. The lowest BCUT2D eigenvalue weighted by Gasteiger charge is -2.03. The molecule has 2 aromatic rings. The van der Waals surface area contributed by atoms with Gasteiger partial charge in [-0.25, -0.2) is 9.97 Å². The molecule has 0 spiro atoms. The van der Waals surface area contributed by atoms with Gasteiger partial charge in [0.1, 0.15) is 6.61 Å². The highest BCUT2D eigenvalue weighted by Crippen LogP contribution is 2.11. The molecule has 0 bridgehead atoms. The minimum atomic E-state index is 0.385. The van der Waals surface area contributed by atoms with Crippen LogP contribution in [0.4, 0.5) is 0 Å².